The quantitative estimate of drug-likeness (QED) is 0.615. The lowest BCUT2D eigenvalue weighted by Gasteiger charge is -2.05. The number of hydrogen-bond acceptors (Lipinski definition) is 3. The number of benzene rings is 1. The molecular formula is C15H20N4O. The largest absolute Gasteiger partial charge is 0.399 e. The van der Waals surface area contributed by atoms with Crippen LogP contribution in [-0.2, 0) is 24.7 Å². The molecule has 1 amide bonds. The molecule has 20 heavy (non-hydrogen) atoms. The Balaban J connectivity index is 1.66. The van der Waals surface area contributed by atoms with Crippen LogP contribution in [0, 0.1) is 0 Å². The maximum Gasteiger partial charge on any atom is 0.224 e. The lowest BCUT2D eigenvalue weighted by molar-refractivity contribution is -0.120. The molecule has 5 nitrogen and oxygen atoms in total. The fourth-order valence-corrected chi connectivity index (χ4v) is 2.00. The van der Waals surface area contributed by atoms with Gasteiger partial charge in [0.15, 0.2) is 0 Å². The SMILES string of the molecule is Cn1cc(CCCNC(=O)Cc2ccc(N)cc2)cn1. The molecule has 2 rings (SSSR count). The molecule has 2 aromatic rings. The third kappa shape index (κ3) is 4.42. The highest BCUT2D eigenvalue weighted by Gasteiger charge is 2.03. The first-order chi connectivity index (χ1) is 9.63. The molecule has 5 heteroatoms. The number of carbonyl (C=O) groups is 1. The monoisotopic (exact) mass is 272 g/mol. The van der Waals surface area contributed by atoms with E-state index < -0.39 is 0 Å². The van der Waals surface area contributed by atoms with Crippen LogP contribution in [0.15, 0.2) is 36.7 Å². The summed E-state index contributed by atoms with van der Waals surface area (Å²) in [6, 6.07) is 7.38. The summed E-state index contributed by atoms with van der Waals surface area (Å²) in [4.78, 5) is 11.8. The Morgan fingerprint density at radius 3 is 2.70 bits per heavy atom. The molecule has 1 heterocycles. The van der Waals surface area contributed by atoms with Gasteiger partial charge in [-0.2, -0.15) is 5.10 Å². The summed E-state index contributed by atoms with van der Waals surface area (Å²) >= 11 is 0. The van der Waals surface area contributed by atoms with E-state index in [0.29, 0.717) is 18.7 Å². The Kier molecular flexibility index (Phi) is 4.76. The fraction of sp³-hybridized carbons (Fsp3) is 0.333. The Bertz CT molecular complexity index is 560. The molecule has 0 unspecified atom stereocenters. The first-order valence-electron chi connectivity index (χ1n) is 6.72. The number of rotatable bonds is 6. The number of anilines is 1. The average molecular weight is 272 g/mol. The minimum absolute atomic E-state index is 0.0426. The van der Waals surface area contributed by atoms with Gasteiger partial charge in [-0.05, 0) is 36.1 Å². The number of nitrogens with one attached hydrogen (secondary N) is 1. The van der Waals surface area contributed by atoms with Crippen molar-refractivity contribution in [3.05, 3.63) is 47.8 Å². The van der Waals surface area contributed by atoms with Crippen LogP contribution in [-0.4, -0.2) is 22.2 Å². The third-order valence-corrected chi connectivity index (χ3v) is 3.07. The zero-order valence-electron chi connectivity index (χ0n) is 11.7. The van der Waals surface area contributed by atoms with Gasteiger partial charge in [0.05, 0.1) is 12.6 Å². The van der Waals surface area contributed by atoms with Crippen molar-refractivity contribution in [3.63, 3.8) is 0 Å². The molecule has 0 saturated heterocycles. The molecule has 106 valence electrons. The van der Waals surface area contributed by atoms with E-state index in [1.807, 2.05) is 43.7 Å². The van der Waals surface area contributed by atoms with E-state index in [2.05, 4.69) is 10.4 Å². The summed E-state index contributed by atoms with van der Waals surface area (Å²) < 4.78 is 1.79. The molecule has 0 aliphatic carbocycles. The highest BCUT2D eigenvalue weighted by atomic mass is 16.1. The van der Waals surface area contributed by atoms with Crippen molar-refractivity contribution in [1.29, 1.82) is 0 Å². The minimum Gasteiger partial charge on any atom is -0.399 e. The van der Waals surface area contributed by atoms with Crippen molar-refractivity contribution in [2.45, 2.75) is 19.3 Å². The lowest BCUT2D eigenvalue weighted by atomic mass is 10.1. The predicted molar refractivity (Wildman–Crippen MR) is 79.1 cm³/mol. The van der Waals surface area contributed by atoms with Crippen LogP contribution in [0.2, 0.25) is 0 Å². The van der Waals surface area contributed by atoms with Gasteiger partial charge < -0.3 is 11.1 Å². The summed E-state index contributed by atoms with van der Waals surface area (Å²) in [5.41, 5.74) is 8.49. The van der Waals surface area contributed by atoms with Crippen LogP contribution in [0.4, 0.5) is 5.69 Å². The minimum atomic E-state index is 0.0426. The Morgan fingerprint density at radius 1 is 1.30 bits per heavy atom. The number of hydrogen-bond donors (Lipinski definition) is 2. The van der Waals surface area contributed by atoms with Gasteiger partial charge in [0.2, 0.25) is 5.91 Å². The van der Waals surface area contributed by atoms with Crippen molar-refractivity contribution in [2.24, 2.45) is 7.05 Å². The summed E-state index contributed by atoms with van der Waals surface area (Å²) in [5, 5.41) is 7.04. The Labute approximate surface area is 118 Å². The Morgan fingerprint density at radius 2 is 2.05 bits per heavy atom. The maximum atomic E-state index is 11.8. The van der Waals surface area contributed by atoms with Crippen molar-refractivity contribution in [2.75, 3.05) is 12.3 Å². The molecule has 0 spiro atoms. The second kappa shape index (κ2) is 6.75. The van der Waals surface area contributed by atoms with E-state index in [-0.39, 0.29) is 5.91 Å². The molecule has 0 fully saturated rings. The van der Waals surface area contributed by atoms with E-state index in [9.17, 15) is 4.79 Å². The Hall–Kier alpha value is -2.30. The fourth-order valence-electron chi connectivity index (χ4n) is 2.00. The standard InChI is InChI=1S/C15H20N4O/c1-19-11-13(10-18-19)3-2-8-17-15(20)9-12-4-6-14(16)7-5-12/h4-7,10-11H,2-3,8-9,16H2,1H3,(H,17,20). The molecule has 0 radical (unpaired) electrons. The van der Waals surface area contributed by atoms with Crippen molar-refractivity contribution < 1.29 is 4.79 Å². The normalized spacial score (nSPS) is 10.4. The molecule has 0 bridgehead atoms. The second-order valence-corrected chi connectivity index (χ2v) is 4.89. The highest BCUT2D eigenvalue weighted by Crippen LogP contribution is 2.06. The number of carbonyl (C=O) groups excluding carboxylic acids is 1. The molecular weight excluding hydrogens is 252 g/mol. The van der Waals surface area contributed by atoms with Crippen molar-refractivity contribution in [3.8, 4) is 0 Å². The van der Waals surface area contributed by atoms with Crippen LogP contribution in [0.5, 0.6) is 0 Å². The molecule has 3 N–H and O–H groups in total. The van der Waals surface area contributed by atoms with Gasteiger partial charge in [-0.3, -0.25) is 9.48 Å². The first-order valence-corrected chi connectivity index (χ1v) is 6.72. The molecule has 1 aromatic carbocycles. The van der Waals surface area contributed by atoms with Crippen molar-refractivity contribution in [1.82, 2.24) is 15.1 Å². The van der Waals surface area contributed by atoms with Gasteiger partial charge in [0.25, 0.3) is 0 Å². The van der Waals surface area contributed by atoms with Crippen LogP contribution in [0.1, 0.15) is 17.5 Å². The summed E-state index contributed by atoms with van der Waals surface area (Å²) in [6.07, 6.45) is 6.09. The number of nitrogen functional groups attached to an aromatic ring is 1. The van der Waals surface area contributed by atoms with Crippen LogP contribution < -0.4 is 11.1 Å². The highest BCUT2D eigenvalue weighted by molar-refractivity contribution is 5.78. The number of aromatic nitrogens is 2. The number of nitrogens with two attached hydrogens (primary N) is 1. The van der Waals surface area contributed by atoms with Crippen molar-refractivity contribution >= 4 is 11.6 Å². The topological polar surface area (TPSA) is 72.9 Å². The average Bonchev–Trinajstić information content (AvgIpc) is 2.83. The van der Waals surface area contributed by atoms with E-state index >= 15 is 0 Å². The smallest absolute Gasteiger partial charge is 0.224 e. The molecule has 0 aliphatic heterocycles. The van der Waals surface area contributed by atoms with Crippen LogP contribution >= 0.6 is 0 Å². The molecule has 0 aliphatic rings. The summed E-state index contributed by atoms with van der Waals surface area (Å²) in [5.74, 6) is 0.0426. The zero-order chi connectivity index (χ0) is 14.4. The van der Waals surface area contributed by atoms with E-state index in [1.54, 1.807) is 4.68 Å². The van der Waals surface area contributed by atoms with E-state index in [4.69, 9.17) is 5.73 Å². The third-order valence-electron chi connectivity index (χ3n) is 3.07. The van der Waals surface area contributed by atoms with E-state index in [1.165, 1.54) is 5.56 Å². The second-order valence-electron chi connectivity index (χ2n) is 4.89. The van der Waals surface area contributed by atoms with Gasteiger partial charge in [-0.15, -0.1) is 0 Å². The summed E-state index contributed by atoms with van der Waals surface area (Å²) in [6.45, 7) is 0.683. The summed E-state index contributed by atoms with van der Waals surface area (Å²) in [7, 11) is 1.90. The van der Waals surface area contributed by atoms with Gasteiger partial charge in [-0.1, -0.05) is 12.1 Å². The van der Waals surface area contributed by atoms with E-state index in [0.717, 1.165) is 18.4 Å². The van der Waals surface area contributed by atoms with Gasteiger partial charge in [-0.25, -0.2) is 0 Å². The van der Waals surface area contributed by atoms with Gasteiger partial charge in [0.1, 0.15) is 0 Å². The predicted octanol–water partition coefficient (Wildman–Crippen LogP) is 1.29. The number of aryl methyl sites for hydroxylation is 2. The molecule has 0 saturated carbocycles. The maximum absolute atomic E-state index is 11.8. The van der Waals surface area contributed by atoms with Crippen LogP contribution in [0.25, 0.3) is 0 Å². The van der Waals surface area contributed by atoms with Crippen LogP contribution in [0.3, 0.4) is 0 Å². The zero-order valence-corrected chi connectivity index (χ0v) is 11.7. The lowest BCUT2D eigenvalue weighted by Crippen LogP contribution is -2.26. The molecule has 0 atom stereocenters. The number of amides is 1. The first kappa shape index (κ1) is 14.1. The molecule has 1 aromatic heterocycles. The van der Waals surface area contributed by atoms with Gasteiger partial charge in [0, 0.05) is 25.5 Å². The number of nitrogens with zero attached hydrogens (tertiary/aromatic N) is 2. The van der Waals surface area contributed by atoms with Gasteiger partial charge >= 0.3 is 0 Å².